The number of nitrogens with zero attached hydrogens (tertiary/aromatic N) is 1. The topological polar surface area (TPSA) is 75.9 Å². The molecular formula is C16H20N2O4S. The molecule has 0 bridgehead atoms. The van der Waals surface area contributed by atoms with Gasteiger partial charge in [-0.15, -0.1) is 11.3 Å². The van der Waals surface area contributed by atoms with Crippen molar-refractivity contribution in [3.05, 3.63) is 29.3 Å². The van der Waals surface area contributed by atoms with Crippen LogP contribution in [0.1, 0.15) is 5.69 Å². The van der Waals surface area contributed by atoms with Gasteiger partial charge in [-0.3, -0.25) is 0 Å². The summed E-state index contributed by atoms with van der Waals surface area (Å²) in [6.45, 7) is 1.40. The minimum absolute atomic E-state index is 0.194. The Hall–Kier alpha value is -2.12. The Labute approximate surface area is 139 Å². The summed E-state index contributed by atoms with van der Waals surface area (Å²) in [5.74, 6) is 0.122. The van der Waals surface area contributed by atoms with Gasteiger partial charge < -0.3 is 24.3 Å². The van der Waals surface area contributed by atoms with Gasteiger partial charge in [-0.25, -0.2) is 4.98 Å². The van der Waals surface area contributed by atoms with E-state index < -0.39 is 5.97 Å². The summed E-state index contributed by atoms with van der Waals surface area (Å²) in [5, 5.41) is 13.1. The van der Waals surface area contributed by atoms with E-state index in [0.29, 0.717) is 28.8 Å². The highest BCUT2D eigenvalue weighted by molar-refractivity contribution is 7.13. The van der Waals surface area contributed by atoms with Gasteiger partial charge in [0.05, 0.1) is 32.5 Å². The van der Waals surface area contributed by atoms with Gasteiger partial charge in [-0.1, -0.05) is 6.07 Å². The van der Waals surface area contributed by atoms with E-state index in [-0.39, 0.29) is 6.42 Å². The van der Waals surface area contributed by atoms with E-state index in [1.807, 2.05) is 18.2 Å². The zero-order valence-corrected chi connectivity index (χ0v) is 14.2. The predicted octanol–water partition coefficient (Wildman–Crippen LogP) is -0.366. The van der Waals surface area contributed by atoms with Crippen molar-refractivity contribution in [2.75, 3.05) is 34.4 Å². The second-order valence-electron chi connectivity index (χ2n) is 5.34. The van der Waals surface area contributed by atoms with Crippen LogP contribution >= 0.6 is 11.3 Å². The number of hydrogen-bond acceptors (Lipinski definition) is 6. The molecule has 1 aromatic heterocycles. The number of aromatic nitrogens is 1. The van der Waals surface area contributed by atoms with E-state index in [2.05, 4.69) is 19.1 Å². The number of carbonyl (C=O) groups is 1. The Morgan fingerprint density at radius 2 is 2.17 bits per heavy atom. The zero-order chi connectivity index (χ0) is 16.8. The molecule has 0 unspecified atom stereocenters. The first-order valence-corrected chi connectivity index (χ1v) is 8.12. The van der Waals surface area contributed by atoms with Crippen molar-refractivity contribution in [1.29, 1.82) is 0 Å². The highest BCUT2D eigenvalue weighted by Crippen LogP contribution is 2.39. The van der Waals surface area contributed by atoms with Crippen LogP contribution in [0, 0.1) is 0 Å². The van der Waals surface area contributed by atoms with Crippen LogP contribution < -0.4 is 19.5 Å². The second kappa shape index (κ2) is 7.94. The minimum atomic E-state index is -1.14. The third kappa shape index (κ3) is 4.67. The van der Waals surface area contributed by atoms with E-state index >= 15 is 0 Å². The summed E-state index contributed by atoms with van der Waals surface area (Å²) in [6.07, 6.45) is -0.194. The number of hydrogen-bond donors (Lipinski definition) is 1. The molecule has 1 N–H and O–H groups in total. The summed E-state index contributed by atoms with van der Waals surface area (Å²) in [7, 11) is 5.70. The first-order valence-electron chi connectivity index (χ1n) is 7.24. The average Bonchev–Trinajstić information content (AvgIpc) is 2.94. The molecule has 1 aromatic carbocycles. The fourth-order valence-corrected chi connectivity index (χ4v) is 2.85. The Morgan fingerprint density at radius 3 is 2.83 bits per heavy atom. The monoisotopic (exact) mass is 336 g/mol. The number of para-hydroxylation sites is 1. The maximum atomic E-state index is 10.7. The maximum Gasteiger partial charge on any atom is 0.171 e. The molecule has 23 heavy (non-hydrogen) atoms. The molecular weight excluding hydrogens is 316 g/mol. The number of carboxylic acid groups (broad SMARTS) is 1. The quantitative estimate of drug-likeness (QED) is 0.712. The fourth-order valence-electron chi connectivity index (χ4n) is 2.01. The Bertz CT molecular complexity index is 670. The highest BCUT2D eigenvalue weighted by atomic mass is 32.1. The van der Waals surface area contributed by atoms with Gasteiger partial charge in [0.15, 0.2) is 11.5 Å². The summed E-state index contributed by atoms with van der Waals surface area (Å²) >= 11 is 1.37. The molecule has 0 aliphatic carbocycles. The standard InChI is InChI=1S/C16H20N2O4S/c1-18(2)7-8-22-15-12(5-4-6-13(15)21-3)16-17-11(10-23-16)9-14(19)20/h4-6,10H,7-9H2,1-3H3,(H,19,20). The molecule has 0 fully saturated rings. The van der Waals surface area contributed by atoms with Gasteiger partial charge in [0.1, 0.15) is 18.2 Å². The van der Waals surface area contributed by atoms with Crippen molar-refractivity contribution in [3.63, 3.8) is 0 Å². The highest BCUT2D eigenvalue weighted by Gasteiger charge is 2.16. The Morgan fingerprint density at radius 1 is 1.39 bits per heavy atom. The van der Waals surface area contributed by atoms with E-state index in [1.54, 1.807) is 12.5 Å². The number of likely N-dealkylation sites (N-methyl/N-ethyl adjacent to an activating group) is 1. The van der Waals surface area contributed by atoms with Crippen LogP contribution in [0.2, 0.25) is 0 Å². The molecule has 6 nitrogen and oxygen atoms in total. The van der Waals surface area contributed by atoms with Crippen molar-refractivity contribution in [1.82, 2.24) is 4.98 Å². The van der Waals surface area contributed by atoms with Crippen LogP contribution in [-0.2, 0) is 11.2 Å². The molecule has 1 heterocycles. The summed E-state index contributed by atoms with van der Waals surface area (Å²) in [4.78, 5) is 16.3. The number of rotatable bonds is 8. The zero-order valence-electron chi connectivity index (χ0n) is 13.4. The van der Waals surface area contributed by atoms with Gasteiger partial charge in [0.2, 0.25) is 0 Å². The number of nitrogens with one attached hydrogen (secondary N) is 1. The molecule has 0 aliphatic heterocycles. The fraction of sp³-hybridized carbons (Fsp3) is 0.375. The van der Waals surface area contributed by atoms with E-state index in [1.165, 1.54) is 16.2 Å². The maximum absolute atomic E-state index is 10.7. The van der Waals surface area contributed by atoms with Crippen LogP contribution in [0.5, 0.6) is 11.5 Å². The molecule has 2 aromatic rings. The number of ether oxygens (including phenoxy) is 2. The molecule has 0 radical (unpaired) electrons. The van der Waals surface area contributed by atoms with Crippen molar-refractivity contribution in [3.8, 4) is 22.1 Å². The van der Waals surface area contributed by atoms with Crippen LogP contribution in [0.4, 0.5) is 0 Å². The first-order chi connectivity index (χ1) is 11.0. The van der Waals surface area contributed by atoms with E-state index in [4.69, 9.17) is 9.47 Å². The van der Waals surface area contributed by atoms with Gasteiger partial charge in [-0.05, 0) is 12.1 Å². The lowest BCUT2D eigenvalue weighted by molar-refractivity contribution is -0.858. The normalized spacial score (nSPS) is 10.8. The van der Waals surface area contributed by atoms with Gasteiger partial charge in [0, 0.05) is 17.8 Å². The van der Waals surface area contributed by atoms with Gasteiger partial charge >= 0.3 is 0 Å². The molecule has 7 heteroatoms. The molecule has 124 valence electrons. The number of quaternary nitrogens is 1. The van der Waals surface area contributed by atoms with Crippen LogP contribution in [0.15, 0.2) is 23.6 Å². The molecule has 0 aliphatic rings. The lowest BCUT2D eigenvalue weighted by Crippen LogP contribution is -3.06. The number of benzene rings is 1. The van der Waals surface area contributed by atoms with E-state index in [0.717, 1.165) is 12.1 Å². The summed E-state index contributed by atoms with van der Waals surface area (Å²) in [5.41, 5.74) is 1.28. The third-order valence-corrected chi connectivity index (χ3v) is 4.08. The lowest BCUT2D eigenvalue weighted by Gasteiger charge is -2.14. The number of aliphatic carboxylic acids is 1. The summed E-state index contributed by atoms with van der Waals surface area (Å²) in [6, 6.07) is 5.58. The van der Waals surface area contributed by atoms with Crippen molar-refractivity contribution in [2.45, 2.75) is 6.42 Å². The second-order valence-corrected chi connectivity index (χ2v) is 6.19. The van der Waals surface area contributed by atoms with Gasteiger partial charge in [0.25, 0.3) is 0 Å². The number of carboxylic acids is 1. The Balaban J connectivity index is 2.29. The van der Waals surface area contributed by atoms with Crippen LogP contribution in [0.25, 0.3) is 10.6 Å². The number of methoxy groups -OCH3 is 1. The largest absolute Gasteiger partial charge is 0.550 e. The van der Waals surface area contributed by atoms with Crippen LogP contribution in [-0.4, -0.2) is 45.3 Å². The molecule has 0 atom stereocenters. The lowest BCUT2D eigenvalue weighted by atomic mass is 10.2. The first kappa shape index (κ1) is 17.2. The van der Waals surface area contributed by atoms with Crippen molar-refractivity contribution < 1.29 is 24.3 Å². The molecule has 0 saturated heterocycles. The third-order valence-electron chi connectivity index (χ3n) is 3.15. The molecule has 0 amide bonds. The predicted molar refractivity (Wildman–Crippen MR) is 86.0 cm³/mol. The van der Waals surface area contributed by atoms with Crippen LogP contribution in [0.3, 0.4) is 0 Å². The SMILES string of the molecule is COc1cccc(-c2nc(CC(=O)[O-])cs2)c1OCC[NH+](C)C. The molecule has 0 saturated carbocycles. The average molecular weight is 336 g/mol. The number of carbonyl (C=O) groups excluding carboxylic acids is 1. The minimum Gasteiger partial charge on any atom is -0.550 e. The van der Waals surface area contributed by atoms with Gasteiger partial charge in [-0.2, -0.15) is 0 Å². The summed E-state index contributed by atoms with van der Waals surface area (Å²) < 4.78 is 11.3. The smallest absolute Gasteiger partial charge is 0.171 e. The van der Waals surface area contributed by atoms with Crippen molar-refractivity contribution >= 4 is 17.3 Å². The Kier molecular flexibility index (Phi) is 5.95. The van der Waals surface area contributed by atoms with E-state index in [9.17, 15) is 9.90 Å². The molecule has 2 rings (SSSR count). The molecule has 0 spiro atoms. The number of thiazole rings is 1. The van der Waals surface area contributed by atoms with Crippen molar-refractivity contribution in [2.24, 2.45) is 0 Å².